The SMILES string of the molecule is CCCCOC(=O)c1ccc(NC(C)c2cc3c(=O)n(C)c(C)nc3cc2C(F)(F)F)cc1. The molecule has 1 aromatic heterocycles. The fraction of sp³-hybridized carbons (Fsp3) is 0.375. The van der Waals surface area contributed by atoms with Crippen LogP contribution in [0.1, 0.15) is 60.0 Å². The largest absolute Gasteiger partial charge is 0.462 e. The maximum absolute atomic E-state index is 13.8. The molecule has 3 rings (SSSR count). The summed E-state index contributed by atoms with van der Waals surface area (Å²) in [7, 11) is 1.53. The lowest BCUT2D eigenvalue weighted by Gasteiger charge is -2.21. The molecule has 0 radical (unpaired) electrons. The summed E-state index contributed by atoms with van der Waals surface area (Å²) in [6.45, 7) is 5.47. The van der Waals surface area contributed by atoms with Gasteiger partial charge in [-0.1, -0.05) is 13.3 Å². The molecule has 0 saturated heterocycles. The van der Waals surface area contributed by atoms with Gasteiger partial charge in [0.2, 0.25) is 0 Å². The highest BCUT2D eigenvalue weighted by Crippen LogP contribution is 2.37. The number of halogens is 3. The summed E-state index contributed by atoms with van der Waals surface area (Å²) >= 11 is 0. The number of nitrogens with one attached hydrogen (secondary N) is 1. The van der Waals surface area contributed by atoms with Crippen molar-refractivity contribution in [1.29, 1.82) is 0 Å². The third-order valence-corrected chi connectivity index (χ3v) is 5.48. The molecule has 9 heteroatoms. The average molecular weight is 461 g/mol. The second-order valence-corrected chi connectivity index (χ2v) is 7.91. The Kier molecular flexibility index (Phi) is 7.09. The van der Waals surface area contributed by atoms with Crippen molar-refractivity contribution in [3.8, 4) is 0 Å². The Hall–Kier alpha value is -3.36. The van der Waals surface area contributed by atoms with E-state index in [2.05, 4.69) is 10.3 Å². The molecule has 0 bridgehead atoms. The Morgan fingerprint density at radius 2 is 1.88 bits per heavy atom. The number of hydrogen-bond acceptors (Lipinski definition) is 5. The number of nitrogens with zero attached hydrogens (tertiary/aromatic N) is 2. The van der Waals surface area contributed by atoms with Gasteiger partial charge < -0.3 is 10.1 Å². The topological polar surface area (TPSA) is 73.2 Å². The van der Waals surface area contributed by atoms with Crippen LogP contribution in [0.3, 0.4) is 0 Å². The molecule has 176 valence electrons. The molecule has 6 nitrogen and oxygen atoms in total. The van der Waals surface area contributed by atoms with E-state index in [9.17, 15) is 22.8 Å². The van der Waals surface area contributed by atoms with Crippen LogP contribution in [-0.4, -0.2) is 22.1 Å². The number of rotatable bonds is 7. The van der Waals surface area contributed by atoms with Crippen molar-refractivity contribution in [3.63, 3.8) is 0 Å². The third kappa shape index (κ3) is 5.35. The minimum Gasteiger partial charge on any atom is -0.462 e. The van der Waals surface area contributed by atoms with E-state index in [1.807, 2.05) is 6.92 Å². The van der Waals surface area contributed by atoms with Gasteiger partial charge in [0.05, 0.1) is 28.6 Å². The van der Waals surface area contributed by atoms with Gasteiger partial charge in [0.25, 0.3) is 5.56 Å². The molecule has 0 saturated carbocycles. The molecule has 3 aromatic rings. The highest BCUT2D eigenvalue weighted by Gasteiger charge is 2.35. The summed E-state index contributed by atoms with van der Waals surface area (Å²) in [6, 6.07) is 7.71. The number of ether oxygens (including phenoxy) is 1. The normalized spacial score (nSPS) is 12.6. The molecule has 1 N–H and O–H groups in total. The second kappa shape index (κ2) is 9.64. The van der Waals surface area contributed by atoms with Gasteiger partial charge in [-0.2, -0.15) is 13.2 Å². The smallest absolute Gasteiger partial charge is 0.416 e. The van der Waals surface area contributed by atoms with E-state index in [-0.39, 0.29) is 16.5 Å². The van der Waals surface area contributed by atoms with Crippen LogP contribution in [0.2, 0.25) is 0 Å². The quantitative estimate of drug-likeness (QED) is 0.377. The molecule has 1 unspecified atom stereocenters. The predicted molar refractivity (Wildman–Crippen MR) is 120 cm³/mol. The molecule has 0 aliphatic heterocycles. The van der Waals surface area contributed by atoms with Crippen molar-refractivity contribution in [3.05, 3.63) is 69.3 Å². The van der Waals surface area contributed by atoms with E-state index < -0.39 is 29.3 Å². The standard InChI is InChI=1S/C24H26F3N3O3/c1-5-6-11-33-23(32)16-7-9-17(10-8-16)28-14(2)18-12-19-21(13-20(18)24(25,26)27)29-15(3)30(4)22(19)31/h7-10,12-14,28H,5-6,11H2,1-4H3. The maximum Gasteiger partial charge on any atom is 0.416 e. The highest BCUT2D eigenvalue weighted by molar-refractivity contribution is 5.89. The number of hydrogen-bond donors (Lipinski definition) is 1. The zero-order valence-electron chi connectivity index (χ0n) is 18.9. The minimum atomic E-state index is -4.62. The number of benzene rings is 2. The third-order valence-electron chi connectivity index (χ3n) is 5.48. The van der Waals surface area contributed by atoms with Crippen LogP contribution in [0.4, 0.5) is 18.9 Å². The Balaban J connectivity index is 1.92. The van der Waals surface area contributed by atoms with Crippen LogP contribution in [0.15, 0.2) is 41.2 Å². The molecule has 0 amide bonds. The van der Waals surface area contributed by atoms with Crippen molar-refractivity contribution in [2.45, 2.75) is 45.8 Å². The van der Waals surface area contributed by atoms with E-state index in [1.165, 1.54) is 17.7 Å². The predicted octanol–water partition coefficient (Wildman–Crippen LogP) is 5.39. The molecule has 0 spiro atoms. The summed E-state index contributed by atoms with van der Waals surface area (Å²) in [5.74, 6) is -0.122. The van der Waals surface area contributed by atoms with E-state index in [1.54, 1.807) is 38.1 Å². The van der Waals surface area contributed by atoms with Crippen molar-refractivity contribution >= 4 is 22.6 Å². The van der Waals surface area contributed by atoms with E-state index in [0.717, 1.165) is 18.9 Å². The zero-order chi connectivity index (χ0) is 24.3. The molecule has 0 aliphatic rings. The van der Waals surface area contributed by atoms with Gasteiger partial charge in [-0.3, -0.25) is 9.36 Å². The van der Waals surface area contributed by atoms with E-state index in [0.29, 0.717) is 23.7 Å². The van der Waals surface area contributed by atoms with Crippen LogP contribution >= 0.6 is 0 Å². The van der Waals surface area contributed by atoms with E-state index >= 15 is 0 Å². The van der Waals surface area contributed by atoms with Crippen LogP contribution in [-0.2, 0) is 18.0 Å². The summed E-state index contributed by atoms with van der Waals surface area (Å²) in [6.07, 6.45) is -2.94. The lowest BCUT2D eigenvalue weighted by atomic mass is 9.98. The number of aromatic nitrogens is 2. The molecule has 1 atom stereocenters. The Morgan fingerprint density at radius 1 is 1.21 bits per heavy atom. The monoisotopic (exact) mass is 461 g/mol. The number of carbonyl (C=O) groups is 1. The molecular formula is C24H26F3N3O3. The number of anilines is 1. The summed E-state index contributed by atoms with van der Waals surface area (Å²) < 4.78 is 48.0. The number of esters is 1. The first-order valence-electron chi connectivity index (χ1n) is 10.6. The lowest BCUT2D eigenvalue weighted by molar-refractivity contribution is -0.138. The summed E-state index contributed by atoms with van der Waals surface area (Å²) in [4.78, 5) is 28.8. The van der Waals surface area contributed by atoms with Crippen LogP contribution in [0, 0.1) is 6.92 Å². The van der Waals surface area contributed by atoms with Crippen LogP contribution < -0.4 is 10.9 Å². The highest BCUT2D eigenvalue weighted by atomic mass is 19.4. The molecule has 1 heterocycles. The first-order valence-corrected chi connectivity index (χ1v) is 10.6. The van der Waals surface area contributed by atoms with Gasteiger partial charge >= 0.3 is 12.1 Å². The van der Waals surface area contributed by atoms with Gasteiger partial charge in [-0.15, -0.1) is 0 Å². The number of carbonyl (C=O) groups excluding carboxylic acids is 1. The van der Waals surface area contributed by atoms with Gasteiger partial charge in [0.1, 0.15) is 5.82 Å². The first-order chi connectivity index (χ1) is 15.5. The summed E-state index contributed by atoms with van der Waals surface area (Å²) in [5, 5.41) is 3.13. The fourth-order valence-electron chi connectivity index (χ4n) is 3.47. The average Bonchev–Trinajstić information content (AvgIpc) is 2.77. The molecule has 0 aliphatic carbocycles. The lowest BCUT2D eigenvalue weighted by Crippen LogP contribution is -2.22. The molecular weight excluding hydrogens is 435 g/mol. The first kappa shape index (κ1) is 24.3. The number of aryl methyl sites for hydroxylation is 1. The Bertz CT molecular complexity index is 1220. The minimum absolute atomic E-state index is 0.00446. The van der Waals surface area contributed by atoms with Crippen LogP contribution in [0.5, 0.6) is 0 Å². The van der Waals surface area contributed by atoms with E-state index in [4.69, 9.17) is 4.74 Å². The Morgan fingerprint density at radius 3 is 2.48 bits per heavy atom. The van der Waals surface area contributed by atoms with Crippen LogP contribution in [0.25, 0.3) is 10.9 Å². The number of fused-ring (bicyclic) bond motifs is 1. The van der Waals surface area contributed by atoms with Gasteiger partial charge in [0.15, 0.2) is 0 Å². The van der Waals surface area contributed by atoms with Gasteiger partial charge in [0, 0.05) is 18.8 Å². The number of alkyl halides is 3. The van der Waals surface area contributed by atoms with Crippen molar-refractivity contribution in [2.24, 2.45) is 7.05 Å². The number of unbranched alkanes of at least 4 members (excludes halogenated alkanes) is 1. The second-order valence-electron chi connectivity index (χ2n) is 7.91. The maximum atomic E-state index is 13.8. The molecule has 2 aromatic carbocycles. The van der Waals surface area contributed by atoms with Crippen molar-refractivity contribution in [1.82, 2.24) is 9.55 Å². The fourth-order valence-corrected chi connectivity index (χ4v) is 3.47. The summed E-state index contributed by atoms with van der Waals surface area (Å²) in [5.41, 5.74) is -0.450. The molecule has 0 fully saturated rings. The Labute approximate surface area is 189 Å². The molecule has 33 heavy (non-hydrogen) atoms. The van der Waals surface area contributed by atoms with Crippen molar-refractivity contribution in [2.75, 3.05) is 11.9 Å². The van der Waals surface area contributed by atoms with Gasteiger partial charge in [-0.25, -0.2) is 9.78 Å². The van der Waals surface area contributed by atoms with Gasteiger partial charge in [-0.05, 0) is 62.2 Å². The van der Waals surface area contributed by atoms with Crippen molar-refractivity contribution < 1.29 is 22.7 Å². The zero-order valence-corrected chi connectivity index (χ0v) is 18.9.